The van der Waals surface area contributed by atoms with Crippen molar-refractivity contribution in [1.82, 2.24) is 0 Å². The Balaban J connectivity index is 2.73. The molecule has 0 spiro atoms. The van der Waals surface area contributed by atoms with Crippen molar-refractivity contribution in [3.8, 4) is 0 Å². The summed E-state index contributed by atoms with van der Waals surface area (Å²) in [6.07, 6.45) is -3.25. The van der Waals surface area contributed by atoms with Crippen LogP contribution in [0.1, 0.15) is 6.92 Å². The van der Waals surface area contributed by atoms with Crippen LogP contribution in [0.5, 0.6) is 0 Å². The molecule has 0 aliphatic carbocycles. The second-order valence-electron chi connectivity index (χ2n) is 2.76. The Hall–Kier alpha value is -0.200. The first-order chi connectivity index (χ1) is 5.01. The summed E-state index contributed by atoms with van der Waals surface area (Å²) in [4.78, 5) is 0. The lowest BCUT2D eigenvalue weighted by molar-refractivity contribution is -0.243. The molecule has 0 aromatic heterocycles. The molecule has 0 aromatic rings. The summed E-state index contributed by atoms with van der Waals surface area (Å²) in [6, 6.07) is 0. The van der Waals surface area contributed by atoms with Gasteiger partial charge in [-0.25, -0.2) is 0 Å². The average Bonchev–Trinajstić information content (AvgIpc) is 2.17. The third-order valence-electron chi connectivity index (χ3n) is 1.88. The van der Waals surface area contributed by atoms with Gasteiger partial charge in [-0.05, 0) is 6.92 Å². The molecule has 0 aromatic carbocycles. The lowest BCUT2D eigenvalue weighted by Crippen LogP contribution is -2.46. The van der Waals surface area contributed by atoms with E-state index < -0.39 is 30.7 Å². The molecule has 4 atom stereocenters. The van der Waals surface area contributed by atoms with Crippen LogP contribution in [0.2, 0.25) is 0 Å². The summed E-state index contributed by atoms with van der Waals surface area (Å²) in [5.74, 6) is -2.00. The second kappa shape index (κ2) is 2.69. The largest absolute Gasteiger partial charge is 0.391 e. The lowest BCUT2D eigenvalue weighted by atomic mass is 10.1. The molecule has 1 rings (SSSR count). The van der Waals surface area contributed by atoms with Gasteiger partial charge in [0.05, 0.1) is 12.7 Å². The maximum absolute atomic E-state index is 9.23. The maximum Gasteiger partial charge on any atom is 0.219 e. The van der Waals surface area contributed by atoms with Gasteiger partial charge in [0.25, 0.3) is 0 Å². The standard InChI is InChI=1S/C6H12O5/c1-3-4(8)5(9)6(10,2-7)11-3/h3-5,7-10H,2H2,1H3/t3-,4?,5?,6-/m0/s1. The van der Waals surface area contributed by atoms with Crippen molar-refractivity contribution in [2.75, 3.05) is 6.61 Å². The first kappa shape index (κ1) is 8.89. The van der Waals surface area contributed by atoms with Crippen molar-refractivity contribution in [3.63, 3.8) is 0 Å². The molecule has 1 saturated heterocycles. The highest BCUT2D eigenvalue weighted by molar-refractivity contribution is 4.93. The Morgan fingerprint density at radius 3 is 2.18 bits per heavy atom. The molecule has 0 radical (unpaired) electrons. The van der Waals surface area contributed by atoms with Crippen molar-refractivity contribution in [2.45, 2.75) is 31.0 Å². The van der Waals surface area contributed by atoms with Gasteiger partial charge in [0.15, 0.2) is 0 Å². The van der Waals surface area contributed by atoms with Crippen LogP contribution in [0.15, 0.2) is 0 Å². The highest BCUT2D eigenvalue weighted by Gasteiger charge is 2.51. The van der Waals surface area contributed by atoms with Crippen LogP contribution < -0.4 is 0 Å². The van der Waals surface area contributed by atoms with Crippen LogP contribution >= 0.6 is 0 Å². The van der Waals surface area contributed by atoms with Crippen molar-refractivity contribution >= 4 is 0 Å². The van der Waals surface area contributed by atoms with Gasteiger partial charge in [0, 0.05) is 0 Å². The number of ether oxygens (including phenoxy) is 1. The fourth-order valence-electron chi connectivity index (χ4n) is 1.12. The SMILES string of the molecule is C[C@@H]1O[C@@](O)(CO)C(O)C1O. The maximum atomic E-state index is 9.23. The van der Waals surface area contributed by atoms with E-state index in [1.807, 2.05) is 0 Å². The average molecular weight is 164 g/mol. The lowest BCUT2D eigenvalue weighted by Gasteiger charge is -2.22. The molecule has 1 aliphatic heterocycles. The summed E-state index contributed by atoms with van der Waals surface area (Å²) in [6.45, 7) is 0.775. The number of hydrogen-bond acceptors (Lipinski definition) is 5. The smallest absolute Gasteiger partial charge is 0.219 e. The van der Waals surface area contributed by atoms with Gasteiger partial charge in [-0.3, -0.25) is 0 Å². The Morgan fingerprint density at radius 2 is 2.00 bits per heavy atom. The summed E-state index contributed by atoms with van der Waals surface area (Å²) < 4.78 is 4.73. The molecule has 0 amide bonds. The van der Waals surface area contributed by atoms with Crippen molar-refractivity contribution in [2.24, 2.45) is 0 Å². The fourth-order valence-corrected chi connectivity index (χ4v) is 1.12. The quantitative estimate of drug-likeness (QED) is 0.353. The highest BCUT2D eigenvalue weighted by Crippen LogP contribution is 2.28. The van der Waals surface area contributed by atoms with Gasteiger partial charge in [-0.2, -0.15) is 0 Å². The van der Waals surface area contributed by atoms with Crippen LogP contribution in [0.3, 0.4) is 0 Å². The minimum absolute atomic E-state index is 0.665. The van der Waals surface area contributed by atoms with Crippen LogP contribution in [0.25, 0.3) is 0 Å². The molecule has 5 heteroatoms. The monoisotopic (exact) mass is 164 g/mol. The summed E-state index contributed by atoms with van der Waals surface area (Å²) in [7, 11) is 0. The molecule has 66 valence electrons. The molecule has 4 N–H and O–H groups in total. The van der Waals surface area contributed by atoms with E-state index in [9.17, 15) is 5.11 Å². The predicted octanol–water partition coefficient (Wildman–Crippen LogP) is -2.19. The van der Waals surface area contributed by atoms with E-state index in [2.05, 4.69) is 0 Å². The molecule has 11 heavy (non-hydrogen) atoms. The third-order valence-corrected chi connectivity index (χ3v) is 1.88. The van der Waals surface area contributed by atoms with Gasteiger partial charge in [-0.15, -0.1) is 0 Å². The summed E-state index contributed by atoms with van der Waals surface area (Å²) in [5, 5.41) is 36.0. The molecule has 0 saturated carbocycles. The molecule has 1 aliphatic rings. The molecule has 2 unspecified atom stereocenters. The normalized spacial score (nSPS) is 51.5. The summed E-state index contributed by atoms with van der Waals surface area (Å²) >= 11 is 0. The minimum Gasteiger partial charge on any atom is -0.391 e. The van der Waals surface area contributed by atoms with Gasteiger partial charge in [0.1, 0.15) is 12.2 Å². The van der Waals surface area contributed by atoms with Crippen molar-refractivity contribution < 1.29 is 25.2 Å². The zero-order chi connectivity index (χ0) is 8.65. The zero-order valence-electron chi connectivity index (χ0n) is 6.14. The first-order valence-electron chi connectivity index (χ1n) is 3.38. The van der Waals surface area contributed by atoms with E-state index >= 15 is 0 Å². The topological polar surface area (TPSA) is 90.2 Å². The minimum atomic E-state index is -2.00. The number of hydrogen-bond donors (Lipinski definition) is 4. The van der Waals surface area contributed by atoms with E-state index in [-0.39, 0.29) is 0 Å². The number of aliphatic hydroxyl groups is 4. The van der Waals surface area contributed by atoms with Crippen molar-refractivity contribution in [1.29, 1.82) is 0 Å². The van der Waals surface area contributed by atoms with Gasteiger partial charge >= 0.3 is 0 Å². The molecule has 0 bridgehead atoms. The zero-order valence-corrected chi connectivity index (χ0v) is 6.14. The van der Waals surface area contributed by atoms with Crippen molar-refractivity contribution in [3.05, 3.63) is 0 Å². The Bertz CT molecular complexity index is 150. The third kappa shape index (κ3) is 1.25. The molecular weight excluding hydrogens is 152 g/mol. The molecular formula is C6H12O5. The predicted molar refractivity (Wildman–Crippen MR) is 34.6 cm³/mol. The van der Waals surface area contributed by atoms with Crippen LogP contribution in [0, 0.1) is 0 Å². The highest BCUT2D eigenvalue weighted by atomic mass is 16.7. The van der Waals surface area contributed by atoms with Crippen LogP contribution in [-0.4, -0.2) is 51.1 Å². The van der Waals surface area contributed by atoms with Crippen LogP contribution in [-0.2, 0) is 4.74 Å². The molecule has 1 fully saturated rings. The van der Waals surface area contributed by atoms with E-state index in [0.717, 1.165) is 0 Å². The van der Waals surface area contributed by atoms with E-state index in [1.165, 1.54) is 6.92 Å². The Kier molecular flexibility index (Phi) is 2.17. The first-order valence-corrected chi connectivity index (χ1v) is 3.38. The molecule has 5 nitrogen and oxygen atoms in total. The second-order valence-corrected chi connectivity index (χ2v) is 2.76. The Morgan fingerprint density at radius 1 is 1.45 bits per heavy atom. The number of rotatable bonds is 1. The fraction of sp³-hybridized carbons (Fsp3) is 1.00. The number of aliphatic hydroxyl groups excluding tert-OH is 3. The van der Waals surface area contributed by atoms with E-state index in [0.29, 0.717) is 0 Å². The van der Waals surface area contributed by atoms with E-state index in [1.54, 1.807) is 0 Å². The van der Waals surface area contributed by atoms with Crippen LogP contribution in [0.4, 0.5) is 0 Å². The van der Waals surface area contributed by atoms with Gasteiger partial charge in [-0.1, -0.05) is 0 Å². The van der Waals surface area contributed by atoms with Gasteiger partial charge in [0.2, 0.25) is 5.79 Å². The Labute approximate surface area is 63.8 Å². The molecule has 1 heterocycles. The van der Waals surface area contributed by atoms with Gasteiger partial charge < -0.3 is 25.2 Å². The summed E-state index contributed by atoms with van der Waals surface area (Å²) in [5.41, 5.74) is 0. The van der Waals surface area contributed by atoms with E-state index in [4.69, 9.17) is 20.1 Å².